The summed E-state index contributed by atoms with van der Waals surface area (Å²) in [6.45, 7) is 2.24. The Balaban J connectivity index is 2.08. The lowest BCUT2D eigenvalue weighted by atomic mass is 9.99. The van der Waals surface area contributed by atoms with Gasteiger partial charge in [0.15, 0.2) is 0 Å². The van der Waals surface area contributed by atoms with Crippen molar-refractivity contribution in [1.29, 1.82) is 0 Å². The van der Waals surface area contributed by atoms with Crippen molar-refractivity contribution < 1.29 is 0 Å². The third-order valence-corrected chi connectivity index (χ3v) is 4.20. The topological polar surface area (TPSA) is 15.8 Å². The Morgan fingerprint density at radius 1 is 0.952 bits per heavy atom. The van der Waals surface area contributed by atoms with E-state index in [-0.39, 0.29) is 0 Å². The van der Waals surface area contributed by atoms with Crippen LogP contribution in [-0.2, 0) is 6.42 Å². The molecule has 2 aromatic carbocycles. The van der Waals surface area contributed by atoms with E-state index in [1.54, 1.807) is 0 Å². The minimum absolute atomic E-state index is 0.783. The number of hydrogen-bond acceptors (Lipinski definition) is 0. The minimum Gasteiger partial charge on any atom is -0.358 e. The first-order valence-electron chi connectivity index (χ1n) is 7.65. The molecular formula is C19H20ClN. The van der Waals surface area contributed by atoms with Gasteiger partial charge in [0.2, 0.25) is 0 Å². The molecule has 0 atom stereocenters. The van der Waals surface area contributed by atoms with Gasteiger partial charge in [-0.3, -0.25) is 0 Å². The fourth-order valence-corrected chi connectivity index (χ4v) is 3.01. The highest BCUT2D eigenvalue weighted by Crippen LogP contribution is 2.33. The van der Waals surface area contributed by atoms with Crippen LogP contribution in [0.3, 0.4) is 0 Å². The Bertz CT molecular complexity index is 725. The molecule has 21 heavy (non-hydrogen) atoms. The molecule has 0 amide bonds. The van der Waals surface area contributed by atoms with Crippen LogP contribution >= 0.6 is 11.6 Å². The second kappa shape index (κ2) is 6.36. The van der Waals surface area contributed by atoms with E-state index in [2.05, 4.69) is 48.3 Å². The molecule has 2 heteroatoms. The fourth-order valence-electron chi connectivity index (χ4n) is 2.88. The molecule has 108 valence electrons. The molecule has 3 aromatic rings. The second-order valence-corrected chi connectivity index (χ2v) is 5.92. The molecule has 1 N–H and O–H groups in total. The number of para-hydroxylation sites is 1. The number of aromatic nitrogens is 1. The van der Waals surface area contributed by atoms with Gasteiger partial charge in [-0.1, -0.05) is 61.7 Å². The van der Waals surface area contributed by atoms with Crippen molar-refractivity contribution in [3.05, 3.63) is 59.2 Å². The molecule has 0 aliphatic heterocycles. The zero-order chi connectivity index (χ0) is 14.7. The van der Waals surface area contributed by atoms with Crippen LogP contribution in [0.2, 0.25) is 5.02 Å². The smallest absolute Gasteiger partial charge is 0.0462 e. The third kappa shape index (κ3) is 2.98. The highest BCUT2D eigenvalue weighted by Gasteiger charge is 2.12. The van der Waals surface area contributed by atoms with Gasteiger partial charge in [0.1, 0.15) is 0 Å². The molecule has 0 saturated heterocycles. The molecule has 1 aromatic heterocycles. The number of rotatable bonds is 5. The van der Waals surface area contributed by atoms with Gasteiger partial charge >= 0.3 is 0 Å². The predicted molar refractivity (Wildman–Crippen MR) is 92.0 cm³/mol. The summed E-state index contributed by atoms with van der Waals surface area (Å²) in [6, 6.07) is 16.7. The van der Waals surface area contributed by atoms with Gasteiger partial charge in [-0.2, -0.15) is 0 Å². The first-order valence-corrected chi connectivity index (χ1v) is 8.03. The van der Waals surface area contributed by atoms with Crippen LogP contribution in [0.15, 0.2) is 48.5 Å². The normalized spacial score (nSPS) is 11.1. The van der Waals surface area contributed by atoms with Crippen molar-refractivity contribution in [1.82, 2.24) is 4.98 Å². The summed E-state index contributed by atoms with van der Waals surface area (Å²) in [5, 5.41) is 2.08. The number of hydrogen-bond donors (Lipinski definition) is 1. The molecular weight excluding hydrogens is 278 g/mol. The van der Waals surface area contributed by atoms with Crippen LogP contribution in [0, 0.1) is 0 Å². The Kier molecular flexibility index (Phi) is 4.31. The van der Waals surface area contributed by atoms with Crippen molar-refractivity contribution >= 4 is 22.5 Å². The minimum atomic E-state index is 0.783. The summed E-state index contributed by atoms with van der Waals surface area (Å²) in [5.74, 6) is 0. The number of aryl methyl sites for hydroxylation is 1. The molecule has 0 radical (unpaired) electrons. The van der Waals surface area contributed by atoms with E-state index in [1.165, 1.54) is 47.0 Å². The van der Waals surface area contributed by atoms with Gasteiger partial charge in [-0.15, -0.1) is 0 Å². The summed E-state index contributed by atoms with van der Waals surface area (Å²) in [6.07, 6.45) is 4.84. The maximum absolute atomic E-state index is 6.03. The van der Waals surface area contributed by atoms with Crippen molar-refractivity contribution in [2.75, 3.05) is 0 Å². The van der Waals surface area contributed by atoms with E-state index in [4.69, 9.17) is 11.6 Å². The lowest BCUT2D eigenvalue weighted by Gasteiger charge is -2.05. The lowest BCUT2D eigenvalue weighted by molar-refractivity contribution is 0.711. The van der Waals surface area contributed by atoms with Crippen molar-refractivity contribution in [3.8, 4) is 11.1 Å². The van der Waals surface area contributed by atoms with Crippen molar-refractivity contribution in [2.45, 2.75) is 32.6 Å². The maximum atomic E-state index is 6.03. The molecule has 0 saturated carbocycles. The van der Waals surface area contributed by atoms with Gasteiger partial charge in [0.05, 0.1) is 0 Å². The fraction of sp³-hybridized carbons (Fsp3) is 0.263. The summed E-state index contributed by atoms with van der Waals surface area (Å²) in [7, 11) is 0. The summed E-state index contributed by atoms with van der Waals surface area (Å²) >= 11 is 6.03. The highest BCUT2D eigenvalue weighted by atomic mass is 35.5. The Morgan fingerprint density at radius 2 is 1.71 bits per heavy atom. The number of fused-ring (bicyclic) bond motifs is 1. The molecule has 0 aliphatic rings. The van der Waals surface area contributed by atoms with Gasteiger partial charge in [-0.25, -0.2) is 0 Å². The Labute approximate surface area is 131 Å². The molecule has 0 bridgehead atoms. The van der Waals surface area contributed by atoms with E-state index >= 15 is 0 Å². The largest absolute Gasteiger partial charge is 0.358 e. The molecule has 1 heterocycles. The quantitative estimate of drug-likeness (QED) is 0.538. The van der Waals surface area contributed by atoms with Gasteiger partial charge < -0.3 is 4.98 Å². The summed E-state index contributed by atoms with van der Waals surface area (Å²) < 4.78 is 0. The van der Waals surface area contributed by atoms with Crippen LogP contribution in [0.1, 0.15) is 31.9 Å². The highest BCUT2D eigenvalue weighted by molar-refractivity contribution is 6.30. The average Bonchev–Trinajstić information content (AvgIpc) is 2.87. The molecule has 0 aliphatic carbocycles. The lowest BCUT2D eigenvalue weighted by Crippen LogP contribution is -1.89. The van der Waals surface area contributed by atoms with Crippen LogP contribution in [-0.4, -0.2) is 4.98 Å². The average molecular weight is 298 g/mol. The van der Waals surface area contributed by atoms with E-state index in [1.807, 2.05) is 12.1 Å². The van der Waals surface area contributed by atoms with E-state index in [0.29, 0.717) is 0 Å². The number of aromatic amines is 1. The Hall–Kier alpha value is -1.73. The first-order chi connectivity index (χ1) is 10.3. The van der Waals surface area contributed by atoms with E-state index in [9.17, 15) is 0 Å². The molecule has 1 nitrogen and oxygen atoms in total. The van der Waals surface area contributed by atoms with E-state index < -0.39 is 0 Å². The maximum Gasteiger partial charge on any atom is 0.0462 e. The molecule has 3 rings (SSSR count). The van der Waals surface area contributed by atoms with E-state index in [0.717, 1.165) is 11.4 Å². The zero-order valence-electron chi connectivity index (χ0n) is 12.3. The van der Waals surface area contributed by atoms with Crippen LogP contribution in [0.25, 0.3) is 22.0 Å². The van der Waals surface area contributed by atoms with Crippen LogP contribution in [0.4, 0.5) is 0 Å². The molecule has 0 spiro atoms. The van der Waals surface area contributed by atoms with Crippen molar-refractivity contribution in [3.63, 3.8) is 0 Å². The van der Waals surface area contributed by atoms with Gasteiger partial charge in [0, 0.05) is 27.2 Å². The molecule has 0 unspecified atom stereocenters. The van der Waals surface area contributed by atoms with Crippen molar-refractivity contribution in [2.24, 2.45) is 0 Å². The predicted octanol–water partition coefficient (Wildman–Crippen LogP) is 6.22. The standard InChI is InChI=1S/C19H20ClN/c1-2-3-4-9-18-19(14-10-12-15(20)13-11-14)16-7-5-6-8-17(16)21-18/h5-8,10-13,21H,2-4,9H2,1H3. The van der Waals surface area contributed by atoms with Gasteiger partial charge in [-0.05, 0) is 36.6 Å². The third-order valence-electron chi connectivity index (χ3n) is 3.95. The van der Waals surface area contributed by atoms with Crippen LogP contribution < -0.4 is 0 Å². The second-order valence-electron chi connectivity index (χ2n) is 5.49. The zero-order valence-corrected chi connectivity index (χ0v) is 13.1. The number of unbranched alkanes of at least 4 members (excludes halogenated alkanes) is 2. The Morgan fingerprint density at radius 3 is 2.48 bits per heavy atom. The van der Waals surface area contributed by atoms with Crippen LogP contribution in [0.5, 0.6) is 0 Å². The van der Waals surface area contributed by atoms with Gasteiger partial charge in [0.25, 0.3) is 0 Å². The SMILES string of the molecule is CCCCCc1[nH]c2ccccc2c1-c1ccc(Cl)cc1. The summed E-state index contributed by atoms with van der Waals surface area (Å²) in [4.78, 5) is 3.60. The first kappa shape index (κ1) is 14.2. The number of H-pyrrole nitrogens is 1. The molecule has 0 fully saturated rings. The number of benzene rings is 2. The monoisotopic (exact) mass is 297 g/mol. The number of halogens is 1. The number of nitrogens with one attached hydrogen (secondary N) is 1. The summed E-state index contributed by atoms with van der Waals surface area (Å²) in [5.41, 5.74) is 5.13.